The maximum atomic E-state index is 11.8. The van der Waals surface area contributed by atoms with E-state index in [1.807, 2.05) is 45.3 Å². The first-order valence-corrected chi connectivity index (χ1v) is 11.1. The molecule has 4 rings (SSSR count). The van der Waals surface area contributed by atoms with E-state index in [9.17, 15) is 4.79 Å². The lowest BCUT2D eigenvalue weighted by molar-refractivity contribution is -0.122. The highest BCUT2D eigenvalue weighted by atomic mass is 35.5. The average Bonchev–Trinajstić information content (AvgIpc) is 3.15. The SMILES string of the molecule is Cc1cc(C(C)(C)C(N)=O)ccc1Oc1nc2nc(C3C=CC(N(C)C)=CC3)c(Cl)cc2[nH]1. The Morgan fingerprint density at radius 1 is 1.27 bits per heavy atom. The van der Waals surface area contributed by atoms with E-state index in [2.05, 4.69) is 33.1 Å². The van der Waals surface area contributed by atoms with Crippen molar-refractivity contribution in [3.05, 3.63) is 70.0 Å². The van der Waals surface area contributed by atoms with Crippen molar-refractivity contribution in [1.82, 2.24) is 19.9 Å². The molecule has 1 atom stereocenters. The van der Waals surface area contributed by atoms with E-state index >= 15 is 0 Å². The minimum Gasteiger partial charge on any atom is -0.425 e. The molecule has 1 aliphatic rings. The molecule has 1 unspecified atom stereocenters. The summed E-state index contributed by atoms with van der Waals surface area (Å²) >= 11 is 6.56. The summed E-state index contributed by atoms with van der Waals surface area (Å²) in [6.45, 7) is 5.52. The van der Waals surface area contributed by atoms with Gasteiger partial charge in [0.2, 0.25) is 5.91 Å². The number of benzene rings is 1. The number of amides is 1. The van der Waals surface area contributed by atoms with Crippen molar-refractivity contribution < 1.29 is 9.53 Å². The van der Waals surface area contributed by atoms with Gasteiger partial charge in [0.05, 0.1) is 21.6 Å². The van der Waals surface area contributed by atoms with Gasteiger partial charge in [-0.15, -0.1) is 0 Å². The van der Waals surface area contributed by atoms with E-state index < -0.39 is 5.41 Å². The summed E-state index contributed by atoms with van der Waals surface area (Å²) in [4.78, 5) is 26.2. The lowest BCUT2D eigenvalue weighted by Crippen LogP contribution is -2.35. The topological polar surface area (TPSA) is 97.1 Å². The standard InChI is InChI=1S/C25H28ClN5O2/c1-14-12-16(25(2,3)23(27)32)8-11-20(14)33-24-28-19-13-18(26)21(29-22(19)30-24)15-6-9-17(10-7-15)31(4)5/h6,8-13,15H,7H2,1-5H3,(H2,27,32)(H,28,29,30). The molecule has 0 saturated carbocycles. The molecule has 8 heteroatoms. The van der Waals surface area contributed by atoms with Crippen LogP contribution in [0.2, 0.25) is 5.02 Å². The van der Waals surface area contributed by atoms with Gasteiger partial charge in [0.1, 0.15) is 5.75 Å². The smallest absolute Gasteiger partial charge is 0.301 e. The Bertz CT molecular complexity index is 1290. The molecule has 7 nitrogen and oxygen atoms in total. The van der Waals surface area contributed by atoms with Gasteiger partial charge in [-0.3, -0.25) is 4.79 Å². The maximum Gasteiger partial charge on any atom is 0.301 e. The van der Waals surface area contributed by atoms with Crippen molar-refractivity contribution in [2.24, 2.45) is 5.73 Å². The molecule has 1 aliphatic carbocycles. The third-order valence-corrected chi connectivity index (χ3v) is 6.40. The monoisotopic (exact) mass is 465 g/mol. The van der Waals surface area contributed by atoms with Crippen LogP contribution in [0.15, 0.2) is 48.2 Å². The van der Waals surface area contributed by atoms with E-state index in [4.69, 9.17) is 27.1 Å². The highest BCUT2D eigenvalue weighted by molar-refractivity contribution is 6.31. The number of carbonyl (C=O) groups is 1. The van der Waals surface area contributed by atoms with Crippen molar-refractivity contribution in [3.8, 4) is 11.8 Å². The lowest BCUT2D eigenvalue weighted by Gasteiger charge is -2.22. The second kappa shape index (κ2) is 8.56. The highest BCUT2D eigenvalue weighted by Gasteiger charge is 2.28. The summed E-state index contributed by atoms with van der Waals surface area (Å²) in [6.07, 6.45) is 7.21. The van der Waals surface area contributed by atoms with E-state index in [0.29, 0.717) is 27.9 Å². The second-order valence-electron chi connectivity index (χ2n) is 9.06. The fourth-order valence-electron chi connectivity index (χ4n) is 3.76. The molecule has 0 aliphatic heterocycles. The van der Waals surface area contributed by atoms with Gasteiger partial charge in [0, 0.05) is 25.7 Å². The number of ether oxygens (including phenoxy) is 1. The van der Waals surface area contributed by atoms with Crippen LogP contribution in [0.25, 0.3) is 11.2 Å². The molecule has 2 aromatic heterocycles. The molecule has 172 valence electrons. The Labute approximate surface area is 198 Å². The molecule has 0 radical (unpaired) electrons. The number of rotatable bonds is 6. The number of fused-ring (bicyclic) bond motifs is 1. The summed E-state index contributed by atoms with van der Waals surface area (Å²) in [5.41, 5.74) is 9.67. The molecule has 0 spiro atoms. The first-order valence-electron chi connectivity index (χ1n) is 10.8. The molecule has 33 heavy (non-hydrogen) atoms. The number of primary amides is 1. The first-order chi connectivity index (χ1) is 15.6. The van der Waals surface area contributed by atoms with E-state index in [0.717, 1.165) is 23.2 Å². The number of imidazole rings is 1. The summed E-state index contributed by atoms with van der Waals surface area (Å²) < 4.78 is 5.99. The van der Waals surface area contributed by atoms with Crippen LogP contribution in [0, 0.1) is 6.92 Å². The minimum atomic E-state index is -0.768. The Balaban J connectivity index is 1.58. The molecule has 3 aromatic rings. The molecular weight excluding hydrogens is 438 g/mol. The molecular formula is C25H28ClN5O2. The van der Waals surface area contributed by atoms with Crippen LogP contribution in [0.5, 0.6) is 11.8 Å². The van der Waals surface area contributed by atoms with Crippen LogP contribution in [0.1, 0.15) is 43.0 Å². The van der Waals surface area contributed by atoms with Crippen molar-refractivity contribution in [1.29, 1.82) is 0 Å². The number of carbonyl (C=O) groups excluding carboxylic acids is 1. The fourth-order valence-corrected chi connectivity index (χ4v) is 4.05. The lowest BCUT2D eigenvalue weighted by atomic mass is 9.83. The van der Waals surface area contributed by atoms with Crippen LogP contribution in [-0.2, 0) is 10.2 Å². The van der Waals surface area contributed by atoms with E-state index in [-0.39, 0.29) is 11.8 Å². The van der Waals surface area contributed by atoms with Crippen molar-refractivity contribution in [3.63, 3.8) is 0 Å². The van der Waals surface area contributed by atoms with Gasteiger partial charge in [-0.2, -0.15) is 4.98 Å². The van der Waals surface area contributed by atoms with Gasteiger partial charge >= 0.3 is 6.01 Å². The molecule has 1 amide bonds. The van der Waals surface area contributed by atoms with Crippen molar-refractivity contribution in [2.45, 2.75) is 38.5 Å². The predicted octanol–water partition coefficient (Wildman–Crippen LogP) is 4.96. The molecule has 0 fully saturated rings. The zero-order chi connectivity index (χ0) is 23.9. The predicted molar refractivity (Wildman–Crippen MR) is 131 cm³/mol. The van der Waals surface area contributed by atoms with Crippen LogP contribution < -0.4 is 10.5 Å². The average molecular weight is 466 g/mol. The molecule has 0 bridgehead atoms. The molecule has 2 heterocycles. The number of hydrogen-bond donors (Lipinski definition) is 2. The van der Waals surface area contributed by atoms with Crippen LogP contribution in [-0.4, -0.2) is 39.9 Å². The van der Waals surface area contributed by atoms with Crippen molar-refractivity contribution in [2.75, 3.05) is 14.1 Å². The summed E-state index contributed by atoms with van der Waals surface area (Å²) in [5.74, 6) is 0.337. The Hall–Kier alpha value is -3.32. The Morgan fingerprint density at radius 2 is 2.03 bits per heavy atom. The number of pyridine rings is 1. The van der Waals surface area contributed by atoms with Gasteiger partial charge in [0.25, 0.3) is 0 Å². The minimum absolute atomic E-state index is 0.0927. The number of nitrogens with zero attached hydrogens (tertiary/aromatic N) is 3. The number of halogens is 1. The van der Waals surface area contributed by atoms with Gasteiger partial charge in [-0.05, 0) is 56.5 Å². The Kier molecular flexibility index (Phi) is 5.93. The number of nitrogens with two attached hydrogens (primary N) is 1. The van der Waals surface area contributed by atoms with Crippen LogP contribution in [0.3, 0.4) is 0 Å². The third kappa shape index (κ3) is 4.46. The fraction of sp³-hybridized carbons (Fsp3) is 0.320. The summed E-state index contributed by atoms with van der Waals surface area (Å²) in [5, 5.41) is 0.586. The molecule has 3 N–H and O–H groups in total. The van der Waals surface area contributed by atoms with E-state index in [1.54, 1.807) is 13.8 Å². The zero-order valence-electron chi connectivity index (χ0n) is 19.4. The third-order valence-electron chi connectivity index (χ3n) is 6.10. The number of likely N-dealkylation sites (N-methyl/N-ethyl adjacent to an activating group) is 1. The molecule has 1 aromatic carbocycles. The number of allylic oxidation sites excluding steroid dienone is 3. The molecule has 0 saturated heterocycles. The number of nitrogens with one attached hydrogen (secondary N) is 1. The summed E-state index contributed by atoms with van der Waals surface area (Å²) in [7, 11) is 4.04. The highest BCUT2D eigenvalue weighted by Crippen LogP contribution is 2.34. The maximum absolute atomic E-state index is 11.8. The van der Waals surface area contributed by atoms with Crippen LogP contribution in [0.4, 0.5) is 0 Å². The normalized spacial score (nSPS) is 16.1. The van der Waals surface area contributed by atoms with Gasteiger partial charge < -0.3 is 20.4 Å². The first kappa shape index (κ1) is 22.9. The zero-order valence-corrected chi connectivity index (χ0v) is 20.2. The number of H-pyrrole nitrogens is 1. The number of aromatic nitrogens is 3. The van der Waals surface area contributed by atoms with Gasteiger partial charge in [-0.1, -0.05) is 35.9 Å². The number of aromatic amines is 1. The van der Waals surface area contributed by atoms with Gasteiger partial charge in [-0.25, -0.2) is 4.98 Å². The van der Waals surface area contributed by atoms with E-state index in [1.165, 1.54) is 5.70 Å². The quantitative estimate of drug-likeness (QED) is 0.536. The number of aryl methyl sites for hydroxylation is 1. The summed E-state index contributed by atoms with van der Waals surface area (Å²) in [6, 6.07) is 7.72. The second-order valence-corrected chi connectivity index (χ2v) is 9.47. The number of hydrogen-bond acceptors (Lipinski definition) is 5. The largest absolute Gasteiger partial charge is 0.425 e. The van der Waals surface area contributed by atoms with Gasteiger partial charge in [0.15, 0.2) is 5.65 Å². The van der Waals surface area contributed by atoms with Crippen molar-refractivity contribution >= 4 is 28.7 Å². The van der Waals surface area contributed by atoms with Crippen LogP contribution >= 0.6 is 11.6 Å². The Morgan fingerprint density at radius 3 is 2.64 bits per heavy atom.